The summed E-state index contributed by atoms with van der Waals surface area (Å²) in [6.45, 7) is 7.17. The number of H-pyrrole nitrogens is 1. The molecule has 3 heterocycles. The highest BCUT2D eigenvalue weighted by Crippen LogP contribution is 2.46. The number of hydrogen-bond donors (Lipinski definition) is 4. The van der Waals surface area contributed by atoms with Crippen LogP contribution >= 0.6 is 7.75 Å². The van der Waals surface area contributed by atoms with E-state index in [0.29, 0.717) is 0 Å². The lowest BCUT2D eigenvalue weighted by molar-refractivity contribution is -0.142. The molecule has 1 unspecified atom stereocenters. The first-order chi connectivity index (χ1) is 18.3. The number of nitrogens with one attached hydrogen (secondary N) is 2. The van der Waals surface area contributed by atoms with Gasteiger partial charge >= 0.3 is 13.7 Å². The average molecular weight is 561 g/mol. The fourth-order valence-electron chi connectivity index (χ4n) is 3.60. The molecule has 0 saturated carbocycles. The molecule has 15 heteroatoms. The Hall–Kier alpha value is -4.13. The Labute approximate surface area is 222 Å². The summed E-state index contributed by atoms with van der Waals surface area (Å²) in [5.41, 5.74) is 6.02. The lowest BCUT2D eigenvalue weighted by atomic mass is 9.87. The lowest BCUT2D eigenvalue weighted by Gasteiger charge is -2.23. The van der Waals surface area contributed by atoms with Crippen LogP contribution in [0.5, 0.6) is 11.5 Å². The van der Waals surface area contributed by atoms with Gasteiger partial charge in [0.25, 0.3) is 5.56 Å². The molecular weight excluding hydrogens is 531 g/mol. The number of esters is 1. The van der Waals surface area contributed by atoms with Crippen molar-refractivity contribution in [2.75, 3.05) is 12.8 Å². The first-order valence-corrected chi connectivity index (χ1v) is 13.3. The summed E-state index contributed by atoms with van der Waals surface area (Å²) in [7, 11) is -2.99. The van der Waals surface area contributed by atoms with Crippen LogP contribution in [0.3, 0.4) is 0 Å². The molecule has 4 rings (SSSR count). The minimum Gasteiger partial charge on any atom is -0.503 e. The molecule has 1 aromatic carbocycles. The molecule has 0 spiro atoms. The first kappa shape index (κ1) is 27.9. The molecule has 2 atom stereocenters. The first-order valence-electron chi connectivity index (χ1n) is 11.7. The summed E-state index contributed by atoms with van der Waals surface area (Å²) < 4.78 is 36.6. The van der Waals surface area contributed by atoms with Crippen LogP contribution in [-0.4, -0.2) is 43.7 Å². The van der Waals surface area contributed by atoms with Crippen molar-refractivity contribution in [3.05, 3.63) is 58.3 Å². The third kappa shape index (κ3) is 6.14. The number of aromatic hydroxyl groups is 1. The number of nitrogens with zero attached hydrogens (tertiary/aromatic N) is 3. The van der Waals surface area contributed by atoms with Gasteiger partial charge in [-0.3, -0.25) is 19.1 Å². The Morgan fingerprint density at radius 2 is 2.00 bits per heavy atom. The van der Waals surface area contributed by atoms with Crippen molar-refractivity contribution >= 4 is 30.8 Å². The van der Waals surface area contributed by atoms with E-state index in [4.69, 9.17) is 23.9 Å². The van der Waals surface area contributed by atoms with Gasteiger partial charge in [0.1, 0.15) is 30.5 Å². The molecule has 0 bridgehead atoms. The van der Waals surface area contributed by atoms with Crippen LogP contribution in [0.1, 0.15) is 39.0 Å². The molecular formula is C24H29N6O8P. The molecule has 3 aromatic heterocycles. The molecule has 0 amide bonds. The zero-order chi connectivity index (χ0) is 28.5. The highest BCUT2D eigenvalue weighted by Gasteiger charge is 2.33. The molecule has 0 saturated heterocycles. The number of ether oxygens (including phenoxy) is 1. The molecule has 0 radical (unpaired) electrons. The normalized spacial score (nSPS) is 14.2. The predicted octanol–water partition coefficient (Wildman–Crippen LogP) is 3.14. The lowest BCUT2D eigenvalue weighted by Crippen LogP contribution is -2.34. The summed E-state index contributed by atoms with van der Waals surface area (Å²) in [5, 5.41) is 13.0. The van der Waals surface area contributed by atoms with Crippen molar-refractivity contribution in [3.63, 3.8) is 0 Å². The maximum Gasteiger partial charge on any atom is 0.459 e. The maximum atomic E-state index is 13.7. The minimum absolute atomic E-state index is 0.0193. The number of rotatable bonds is 9. The van der Waals surface area contributed by atoms with Crippen LogP contribution in [0, 0.1) is 0 Å². The number of carbonyl (C=O) groups is 1. The quantitative estimate of drug-likeness (QED) is 0.173. The third-order valence-electron chi connectivity index (χ3n) is 5.62. The monoisotopic (exact) mass is 560 g/mol. The smallest absolute Gasteiger partial charge is 0.459 e. The van der Waals surface area contributed by atoms with Gasteiger partial charge in [-0.25, -0.2) is 14.1 Å². The highest BCUT2D eigenvalue weighted by molar-refractivity contribution is 7.52. The topological polar surface area (TPSA) is 197 Å². The fourth-order valence-corrected chi connectivity index (χ4v) is 5.05. The van der Waals surface area contributed by atoms with Gasteiger partial charge in [-0.15, -0.1) is 0 Å². The van der Waals surface area contributed by atoms with E-state index in [9.17, 15) is 19.3 Å². The Kier molecular flexibility index (Phi) is 7.55. The van der Waals surface area contributed by atoms with Gasteiger partial charge in [-0.2, -0.15) is 10.1 Å². The van der Waals surface area contributed by atoms with E-state index in [1.165, 1.54) is 31.0 Å². The van der Waals surface area contributed by atoms with Crippen LogP contribution < -0.4 is 20.9 Å². The van der Waals surface area contributed by atoms with Gasteiger partial charge in [0.15, 0.2) is 16.9 Å². The van der Waals surface area contributed by atoms with Crippen molar-refractivity contribution in [2.45, 2.75) is 45.8 Å². The summed E-state index contributed by atoms with van der Waals surface area (Å²) >= 11 is 0. The second-order valence-electron chi connectivity index (χ2n) is 9.65. The molecule has 0 aliphatic heterocycles. The number of anilines is 1. The standard InChI is InChI=1S/C24H29N6O8P/c1-13(22(33)35-5)29-39(34,38-15-8-6-14(7-9-15)24(2,3)4)36-11-16-10-17(31)21(37-16)30-12-26-18-19(30)27-23(25)28-20(18)32/h6-10,12-13,31H,11H2,1-5H3,(H,29,34)(H3,25,27,28,32)/t13-,39?/m0/s1. The van der Waals surface area contributed by atoms with Crippen LogP contribution in [0.15, 0.2) is 45.9 Å². The van der Waals surface area contributed by atoms with Crippen molar-refractivity contribution in [1.29, 1.82) is 0 Å². The molecule has 14 nitrogen and oxygen atoms in total. The number of aromatic nitrogens is 4. The number of benzene rings is 1. The Morgan fingerprint density at radius 3 is 2.64 bits per heavy atom. The van der Waals surface area contributed by atoms with Crippen LogP contribution in [0.25, 0.3) is 17.0 Å². The summed E-state index contributed by atoms with van der Waals surface area (Å²) in [6.07, 6.45) is 1.23. The van der Waals surface area contributed by atoms with Crippen molar-refractivity contribution in [1.82, 2.24) is 24.6 Å². The van der Waals surface area contributed by atoms with Crippen molar-refractivity contribution < 1.29 is 32.7 Å². The van der Waals surface area contributed by atoms with Crippen LogP contribution in [0.4, 0.5) is 5.95 Å². The van der Waals surface area contributed by atoms with Gasteiger partial charge in [-0.05, 0) is 30.0 Å². The number of methoxy groups -OCH3 is 1. The highest BCUT2D eigenvalue weighted by atomic mass is 31.2. The molecule has 39 heavy (non-hydrogen) atoms. The third-order valence-corrected chi connectivity index (χ3v) is 7.24. The number of fused-ring (bicyclic) bond motifs is 1. The molecule has 0 aliphatic rings. The number of nitrogen functional groups attached to an aromatic ring is 1. The Morgan fingerprint density at radius 1 is 1.31 bits per heavy atom. The van der Waals surface area contributed by atoms with Crippen molar-refractivity contribution in [3.8, 4) is 17.4 Å². The molecule has 5 N–H and O–H groups in total. The number of nitrogens with two attached hydrogens (primary N) is 1. The molecule has 0 fully saturated rings. The van der Waals surface area contributed by atoms with E-state index in [-0.39, 0.29) is 45.7 Å². The van der Waals surface area contributed by atoms with E-state index in [1.807, 2.05) is 12.1 Å². The van der Waals surface area contributed by atoms with E-state index in [2.05, 4.69) is 40.8 Å². The summed E-state index contributed by atoms with van der Waals surface area (Å²) in [5.74, 6) is -1.02. The number of carbonyl (C=O) groups excluding carboxylic acids is 1. The van der Waals surface area contributed by atoms with Gasteiger partial charge in [0, 0.05) is 6.07 Å². The molecule has 208 valence electrons. The largest absolute Gasteiger partial charge is 0.503 e. The van der Waals surface area contributed by atoms with E-state index in [0.717, 1.165) is 5.56 Å². The van der Waals surface area contributed by atoms with Crippen LogP contribution in [0.2, 0.25) is 0 Å². The fraction of sp³-hybridized carbons (Fsp3) is 0.333. The Bertz CT molecular complexity index is 1600. The van der Waals surface area contributed by atoms with Crippen molar-refractivity contribution in [2.24, 2.45) is 0 Å². The van der Waals surface area contributed by atoms with E-state index < -0.39 is 31.9 Å². The van der Waals surface area contributed by atoms with Gasteiger partial charge in [0.2, 0.25) is 11.8 Å². The maximum absolute atomic E-state index is 13.7. The number of imidazole rings is 1. The zero-order valence-corrected chi connectivity index (χ0v) is 22.8. The average Bonchev–Trinajstić information content (AvgIpc) is 3.44. The summed E-state index contributed by atoms with van der Waals surface area (Å²) in [4.78, 5) is 34.4. The minimum atomic E-state index is -4.19. The predicted molar refractivity (Wildman–Crippen MR) is 141 cm³/mol. The van der Waals surface area contributed by atoms with E-state index in [1.54, 1.807) is 12.1 Å². The van der Waals surface area contributed by atoms with E-state index >= 15 is 0 Å². The van der Waals surface area contributed by atoms with Gasteiger partial charge < -0.3 is 24.5 Å². The summed E-state index contributed by atoms with van der Waals surface area (Å²) in [6, 6.07) is 7.14. The Balaban J connectivity index is 1.59. The zero-order valence-electron chi connectivity index (χ0n) is 21.9. The van der Waals surface area contributed by atoms with Crippen LogP contribution in [-0.2, 0) is 30.6 Å². The second-order valence-corrected chi connectivity index (χ2v) is 11.3. The molecule has 0 aliphatic carbocycles. The van der Waals surface area contributed by atoms with Gasteiger partial charge in [-0.1, -0.05) is 32.9 Å². The SMILES string of the molecule is COC(=O)[C@H](C)NP(=O)(OCc1cc(O)c(-n2cnc3c(=O)[nH]c(N)nc32)o1)Oc1ccc(C(C)(C)C)cc1. The molecule has 4 aromatic rings. The number of hydrogen-bond acceptors (Lipinski definition) is 11. The second kappa shape index (κ2) is 10.6. The van der Waals surface area contributed by atoms with Gasteiger partial charge in [0.05, 0.1) is 7.11 Å². The number of aromatic amines is 1. The number of furan rings is 1.